The van der Waals surface area contributed by atoms with Gasteiger partial charge in [-0.2, -0.15) is 0 Å². The van der Waals surface area contributed by atoms with Gasteiger partial charge in [0.2, 0.25) is 0 Å². The monoisotopic (exact) mass is 361 g/mol. The second kappa shape index (κ2) is 7.87. The van der Waals surface area contributed by atoms with Crippen LogP contribution in [0, 0.1) is 0 Å². The van der Waals surface area contributed by atoms with Crippen LogP contribution in [0.5, 0.6) is 0 Å². The van der Waals surface area contributed by atoms with Gasteiger partial charge in [-0.05, 0) is 37.1 Å². The van der Waals surface area contributed by atoms with E-state index in [9.17, 15) is 13.2 Å². The van der Waals surface area contributed by atoms with E-state index in [1.165, 1.54) is 12.8 Å². The third kappa shape index (κ3) is 4.72. The van der Waals surface area contributed by atoms with Crippen molar-refractivity contribution in [3.8, 4) is 0 Å². The predicted octanol–water partition coefficient (Wildman–Crippen LogP) is 3.71. The molecule has 0 saturated heterocycles. The number of amides is 1. The highest BCUT2D eigenvalue weighted by Crippen LogP contribution is 2.20. The molecule has 1 aliphatic rings. The molecular formula is C19H23NO4S. The summed E-state index contributed by atoms with van der Waals surface area (Å²) in [6.45, 7) is 0. The first kappa shape index (κ1) is 17.7. The van der Waals surface area contributed by atoms with Crippen LogP contribution >= 0.6 is 0 Å². The van der Waals surface area contributed by atoms with E-state index in [0.29, 0.717) is 0 Å². The highest BCUT2D eigenvalue weighted by Gasteiger charge is 2.21. The maximum Gasteiger partial charge on any atom is 0.287 e. The first-order valence-electron chi connectivity index (χ1n) is 8.72. The third-order valence-corrected chi connectivity index (χ3v) is 6.17. The zero-order valence-electron chi connectivity index (χ0n) is 14.1. The summed E-state index contributed by atoms with van der Waals surface area (Å²) >= 11 is 0. The fraction of sp³-hybridized carbons (Fsp3) is 0.421. The number of rotatable bonds is 5. The smallest absolute Gasteiger partial charge is 0.287 e. The lowest BCUT2D eigenvalue weighted by Crippen LogP contribution is -2.34. The molecule has 6 heteroatoms. The van der Waals surface area contributed by atoms with Gasteiger partial charge >= 0.3 is 0 Å². The summed E-state index contributed by atoms with van der Waals surface area (Å²) in [7, 11) is -3.48. The van der Waals surface area contributed by atoms with Crippen molar-refractivity contribution in [1.29, 1.82) is 0 Å². The van der Waals surface area contributed by atoms with Gasteiger partial charge in [0.1, 0.15) is 11.5 Å². The molecule has 1 aromatic heterocycles. The molecule has 5 nitrogen and oxygen atoms in total. The summed E-state index contributed by atoms with van der Waals surface area (Å²) in [6.07, 6.45) is 6.67. The number of carbonyl (C=O) groups is 1. The quantitative estimate of drug-likeness (QED) is 0.824. The average molecular weight is 361 g/mol. The van der Waals surface area contributed by atoms with Crippen molar-refractivity contribution in [3.63, 3.8) is 0 Å². The van der Waals surface area contributed by atoms with Crippen LogP contribution in [0.4, 0.5) is 0 Å². The molecule has 134 valence electrons. The Kier molecular flexibility index (Phi) is 5.58. The van der Waals surface area contributed by atoms with E-state index in [4.69, 9.17) is 4.42 Å². The Morgan fingerprint density at radius 2 is 1.68 bits per heavy atom. The zero-order chi connectivity index (χ0) is 17.7. The van der Waals surface area contributed by atoms with Crippen LogP contribution in [0.15, 0.2) is 51.8 Å². The number of hydrogen-bond acceptors (Lipinski definition) is 4. The molecule has 0 bridgehead atoms. The fourth-order valence-corrected chi connectivity index (χ4v) is 4.42. The highest BCUT2D eigenvalue weighted by molar-refractivity contribution is 7.90. The zero-order valence-corrected chi connectivity index (χ0v) is 14.9. The third-order valence-electron chi connectivity index (χ3n) is 4.51. The molecule has 0 radical (unpaired) electrons. The Morgan fingerprint density at radius 1 is 1.00 bits per heavy atom. The van der Waals surface area contributed by atoms with Gasteiger partial charge < -0.3 is 9.73 Å². The van der Waals surface area contributed by atoms with Crippen molar-refractivity contribution < 1.29 is 17.6 Å². The molecular weight excluding hydrogens is 338 g/mol. The Balaban J connectivity index is 1.64. The lowest BCUT2D eigenvalue weighted by atomic mass is 10.1. The van der Waals surface area contributed by atoms with Gasteiger partial charge in [-0.25, -0.2) is 8.42 Å². The van der Waals surface area contributed by atoms with E-state index < -0.39 is 9.84 Å². The minimum absolute atomic E-state index is 0.169. The standard InChI is InChI=1S/C19H23NO4S/c21-19(20-15-8-4-1-2-5-9-15)18-13-12-16(24-18)14-25(22,23)17-10-6-3-7-11-17/h3,6-7,10-13,15H,1-2,4-5,8-9,14H2,(H,20,21). The van der Waals surface area contributed by atoms with Gasteiger partial charge in [-0.3, -0.25) is 4.79 Å². The summed E-state index contributed by atoms with van der Waals surface area (Å²) in [6, 6.07) is 11.5. The van der Waals surface area contributed by atoms with Crippen LogP contribution in [-0.4, -0.2) is 20.4 Å². The van der Waals surface area contributed by atoms with Crippen molar-refractivity contribution in [2.75, 3.05) is 0 Å². The molecule has 1 saturated carbocycles. The molecule has 3 rings (SSSR count). The number of carbonyl (C=O) groups excluding carboxylic acids is 1. The molecule has 1 fully saturated rings. The first-order chi connectivity index (χ1) is 12.0. The van der Waals surface area contributed by atoms with Crippen LogP contribution < -0.4 is 5.32 Å². The topological polar surface area (TPSA) is 76.4 Å². The average Bonchev–Trinajstić information content (AvgIpc) is 2.91. The first-order valence-corrected chi connectivity index (χ1v) is 10.4. The lowest BCUT2D eigenvalue weighted by molar-refractivity contribution is 0.0903. The van der Waals surface area contributed by atoms with Crippen molar-refractivity contribution >= 4 is 15.7 Å². The summed E-state index contributed by atoms with van der Waals surface area (Å²) in [5, 5.41) is 3.00. The molecule has 0 unspecified atom stereocenters. The van der Waals surface area contributed by atoms with Gasteiger partial charge in [0, 0.05) is 6.04 Å². The van der Waals surface area contributed by atoms with Gasteiger partial charge in [-0.1, -0.05) is 43.9 Å². The number of benzene rings is 1. The normalized spacial score (nSPS) is 16.3. The molecule has 0 aliphatic heterocycles. The summed E-state index contributed by atoms with van der Waals surface area (Å²) in [5.41, 5.74) is 0. The largest absolute Gasteiger partial charge is 0.455 e. The van der Waals surface area contributed by atoms with Crippen molar-refractivity contribution in [3.05, 3.63) is 54.0 Å². The molecule has 1 heterocycles. The SMILES string of the molecule is O=C(NC1CCCCCC1)c1ccc(CS(=O)(=O)c2ccccc2)o1. The summed E-state index contributed by atoms with van der Waals surface area (Å²) < 4.78 is 30.2. The molecule has 0 spiro atoms. The number of nitrogens with one attached hydrogen (secondary N) is 1. The lowest BCUT2D eigenvalue weighted by Gasteiger charge is -2.14. The second-order valence-corrected chi connectivity index (χ2v) is 8.49. The minimum Gasteiger partial charge on any atom is -0.455 e. The Labute approximate surface area is 148 Å². The molecule has 25 heavy (non-hydrogen) atoms. The minimum atomic E-state index is -3.48. The van der Waals surface area contributed by atoms with Crippen LogP contribution in [-0.2, 0) is 15.6 Å². The summed E-state index contributed by atoms with van der Waals surface area (Å²) in [4.78, 5) is 12.6. The van der Waals surface area contributed by atoms with Gasteiger partial charge in [0.15, 0.2) is 15.6 Å². The molecule has 1 aliphatic carbocycles. The molecule has 1 amide bonds. The van der Waals surface area contributed by atoms with Gasteiger partial charge in [0.25, 0.3) is 5.91 Å². The van der Waals surface area contributed by atoms with Crippen LogP contribution in [0.3, 0.4) is 0 Å². The summed E-state index contributed by atoms with van der Waals surface area (Å²) in [5.74, 6) is -0.0825. The van der Waals surface area contributed by atoms with Crippen molar-refractivity contribution in [2.24, 2.45) is 0 Å². The Hall–Kier alpha value is -2.08. The van der Waals surface area contributed by atoms with E-state index in [2.05, 4.69) is 5.32 Å². The van der Waals surface area contributed by atoms with E-state index in [1.54, 1.807) is 42.5 Å². The number of hydrogen-bond donors (Lipinski definition) is 1. The molecule has 1 aromatic carbocycles. The fourth-order valence-electron chi connectivity index (χ4n) is 3.16. The van der Waals surface area contributed by atoms with Gasteiger partial charge in [-0.15, -0.1) is 0 Å². The number of sulfone groups is 1. The Bertz CT molecular complexity index is 803. The van der Waals surface area contributed by atoms with E-state index in [1.807, 2.05) is 0 Å². The van der Waals surface area contributed by atoms with Crippen LogP contribution in [0.2, 0.25) is 0 Å². The Morgan fingerprint density at radius 3 is 2.36 bits per heavy atom. The predicted molar refractivity (Wildman–Crippen MR) is 95.0 cm³/mol. The van der Waals surface area contributed by atoms with Crippen LogP contribution in [0.1, 0.15) is 54.8 Å². The second-order valence-electron chi connectivity index (χ2n) is 6.50. The van der Waals surface area contributed by atoms with E-state index in [-0.39, 0.29) is 34.1 Å². The van der Waals surface area contributed by atoms with Gasteiger partial charge in [0.05, 0.1) is 4.90 Å². The molecule has 2 aromatic rings. The van der Waals surface area contributed by atoms with Crippen molar-refractivity contribution in [2.45, 2.75) is 55.2 Å². The maximum absolute atomic E-state index is 12.4. The van der Waals surface area contributed by atoms with Crippen molar-refractivity contribution in [1.82, 2.24) is 5.32 Å². The maximum atomic E-state index is 12.4. The highest BCUT2D eigenvalue weighted by atomic mass is 32.2. The van der Waals surface area contributed by atoms with Crippen LogP contribution in [0.25, 0.3) is 0 Å². The number of furan rings is 1. The molecule has 1 N–H and O–H groups in total. The molecule has 0 atom stereocenters. The van der Waals surface area contributed by atoms with E-state index in [0.717, 1.165) is 25.7 Å². The van der Waals surface area contributed by atoms with E-state index >= 15 is 0 Å².